The lowest BCUT2D eigenvalue weighted by Gasteiger charge is -2.19. The van der Waals surface area contributed by atoms with Crippen LogP contribution in [-0.4, -0.2) is 11.0 Å². The minimum Gasteiger partial charge on any atom is -0.271 e. The second-order valence-electron chi connectivity index (χ2n) is 4.59. The lowest BCUT2D eigenvalue weighted by Crippen LogP contribution is -2.31. The van der Waals surface area contributed by atoms with Crippen LogP contribution in [0, 0.1) is 11.6 Å². The van der Waals surface area contributed by atoms with Gasteiger partial charge in [0.15, 0.2) is 0 Å². The number of benzene rings is 1. The zero-order chi connectivity index (χ0) is 13.0. The number of halogens is 2. The Hall–Kier alpha value is -0.650. The van der Waals surface area contributed by atoms with Crippen LogP contribution < -0.4 is 11.3 Å². The highest BCUT2D eigenvalue weighted by Gasteiger charge is 2.22. The molecule has 0 amide bonds. The lowest BCUT2D eigenvalue weighted by molar-refractivity contribution is 0.499. The van der Waals surface area contributed by atoms with Crippen LogP contribution in [0.3, 0.4) is 0 Å². The van der Waals surface area contributed by atoms with Gasteiger partial charge < -0.3 is 0 Å². The molecular formula is C13H18F2N2S. The van der Waals surface area contributed by atoms with Gasteiger partial charge in [-0.15, -0.1) is 0 Å². The summed E-state index contributed by atoms with van der Waals surface area (Å²) in [7, 11) is 0. The van der Waals surface area contributed by atoms with Crippen molar-refractivity contribution in [2.75, 3.05) is 5.75 Å². The zero-order valence-corrected chi connectivity index (χ0v) is 11.0. The second kappa shape index (κ2) is 6.50. The number of hydrogen-bond donors (Lipinski definition) is 2. The largest absolute Gasteiger partial charge is 0.271 e. The van der Waals surface area contributed by atoms with Crippen LogP contribution in [0.1, 0.15) is 37.3 Å². The SMILES string of the molecule is NNC(CSC1CCCC1)c1c(F)cccc1F. The molecule has 1 aliphatic carbocycles. The van der Waals surface area contributed by atoms with Gasteiger partial charge in [-0.3, -0.25) is 11.3 Å². The summed E-state index contributed by atoms with van der Waals surface area (Å²) in [6.45, 7) is 0. The Kier molecular flexibility index (Phi) is 4.97. The van der Waals surface area contributed by atoms with Crippen LogP contribution in [0.15, 0.2) is 18.2 Å². The fourth-order valence-electron chi connectivity index (χ4n) is 2.35. The Morgan fingerprint density at radius 1 is 1.28 bits per heavy atom. The molecule has 1 saturated carbocycles. The zero-order valence-electron chi connectivity index (χ0n) is 10.2. The molecule has 0 bridgehead atoms. The first-order chi connectivity index (χ1) is 8.72. The maximum atomic E-state index is 13.6. The van der Waals surface area contributed by atoms with Crippen molar-refractivity contribution in [2.24, 2.45) is 5.84 Å². The summed E-state index contributed by atoms with van der Waals surface area (Å²) in [6.07, 6.45) is 4.91. The monoisotopic (exact) mass is 272 g/mol. The minimum absolute atomic E-state index is 0.0468. The van der Waals surface area contributed by atoms with E-state index in [-0.39, 0.29) is 5.56 Å². The van der Waals surface area contributed by atoms with Crippen molar-refractivity contribution >= 4 is 11.8 Å². The maximum absolute atomic E-state index is 13.6. The quantitative estimate of drug-likeness (QED) is 0.639. The molecule has 0 saturated heterocycles. The van der Waals surface area contributed by atoms with E-state index in [4.69, 9.17) is 5.84 Å². The lowest BCUT2D eigenvalue weighted by atomic mass is 10.1. The fourth-order valence-corrected chi connectivity index (χ4v) is 3.74. The number of rotatable bonds is 5. The van der Waals surface area contributed by atoms with Gasteiger partial charge in [0.1, 0.15) is 11.6 Å². The van der Waals surface area contributed by atoms with Crippen molar-refractivity contribution in [3.63, 3.8) is 0 Å². The Morgan fingerprint density at radius 2 is 1.89 bits per heavy atom. The molecule has 100 valence electrons. The van der Waals surface area contributed by atoms with Gasteiger partial charge in [-0.2, -0.15) is 11.8 Å². The molecule has 2 nitrogen and oxygen atoms in total. The first-order valence-corrected chi connectivity index (χ1v) is 7.29. The summed E-state index contributed by atoms with van der Waals surface area (Å²) in [6, 6.07) is 3.43. The highest BCUT2D eigenvalue weighted by molar-refractivity contribution is 7.99. The molecule has 3 N–H and O–H groups in total. The van der Waals surface area contributed by atoms with E-state index < -0.39 is 17.7 Å². The van der Waals surface area contributed by atoms with E-state index in [9.17, 15) is 8.78 Å². The highest BCUT2D eigenvalue weighted by atomic mass is 32.2. The topological polar surface area (TPSA) is 38.0 Å². The van der Waals surface area contributed by atoms with Gasteiger partial charge in [-0.05, 0) is 25.0 Å². The first-order valence-electron chi connectivity index (χ1n) is 6.24. The summed E-state index contributed by atoms with van der Waals surface area (Å²) in [5.41, 5.74) is 2.57. The van der Waals surface area contributed by atoms with E-state index in [1.165, 1.54) is 43.9 Å². The predicted octanol–water partition coefficient (Wildman–Crippen LogP) is 3.15. The minimum atomic E-state index is -0.537. The van der Waals surface area contributed by atoms with Crippen molar-refractivity contribution in [3.8, 4) is 0 Å². The summed E-state index contributed by atoms with van der Waals surface area (Å²) < 4.78 is 27.3. The summed E-state index contributed by atoms with van der Waals surface area (Å²) in [4.78, 5) is 0. The normalized spacial score (nSPS) is 18.2. The van der Waals surface area contributed by atoms with E-state index in [0.717, 1.165) is 0 Å². The Balaban J connectivity index is 2.03. The second-order valence-corrected chi connectivity index (χ2v) is 5.93. The van der Waals surface area contributed by atoms with Gasteiger partial charge in [0.05, 0.1) is 6.04 Å². The van der Waals surface area contributed by atoms with Crippen molar-refractivity contribution < 1.29 is 8.78 Å². The van der Waals surface area contributed by atoms with Gasteiger partial charge in [0.2, 0.25) is 0 Å². The fraction of sp³-hybridized carbons (Fsp3) is 0.538. The van der Waals surface area contributed by atoms with Gasteiger partial charge in [-0.25, -0.2) is 8.78 Å². The van der Waals surface area contributed by atoms with Crippen LogP contribution in [0.25, 0.3) is 0 Å². The molecule has 1 aliphatic rings. The van der Waals surface area contributed by atoms with Crippen molar-refractivity contribution in [2.45, 2.75) is 37.0 Å². The van der Waals surface area contributed by atoms with Gasteiger partial charge in [-0.1, -0.05) is 18.9 Å². The van der Waals surface area contributed by atoms with Gasteiger partial charge in [0, 0.05) is 16.6 Å². The van der Waals surface area contributed by atoms with Crippen LogP contribution in [-0.2, 0) is 0 Å². The molecule has 1 aromatic carbocycles. The molecule has 1 fully saturated rings. The molecule has 1 unspecified atom stereocenters. The molecule has 18 heavy (non-hydrogen) atoms. The van der Waals surface area contributed by atoms with Crippen LogP contribution in [0.4, 0.5) is 8.78 Å². The molecule has 1 aromatic rings. The number of hydrazine groups is 1. The average molecular weight is 272 g/mol. The number of hydrogen-bond acceptors (Lipinski definition) is 3. The molecule has 5 heteroatoms. The summed E-state index contributed by atoms with van der Waals surface area (Å²) >= 11 is 1.75. The van der Waals surface area contributed by atoms with E-state index in [0.29, 0.717) is 11.0 Å². The Morgan fingerprint density at radius 3 is 2.44 bits per heavy atom. The Bertz CT molecular complexity index is 374. The number of nitrogens with one attached hydrogen (secondary N) is 1. The summed E-state index contributed by atoms with van der Waals surface area (Å²) in [5.74, 6) is 4.95. The third-order valence-electron chi connectivity index (χ3n) is 3.35. The Labute approximate surface area is 110 Å². The predicted molar refractivity (Wildman–Crippen MR) is 71.1 cm³/mol. The van der Waals surface area contributed by atoms with Crippen molar-refractivity contribution in [3.05, 3.63) is 35.4 Å². The summed E-state index contributed by atoms with van der Waals surface area (Å²) in [5, 5.41) is 0.607. The third kappa shape index (κ3) is 3.22. The smallest absolute Gasteiger partial charge is 0.130 e. The van der Waals surface area contributed by atoms with Gasteiger partial charge >= 0.3 is 0 Å². The molecule has 1 atom stereocenters. The molecule has 2 rings (SSSR count). The standard InChI is InChI=1S/C13H18F2N2S/c14-10-6-3-7-11(15)13(10)12(17-16)8-18-9-4-1-2-5-9/h3,6-7,9,12,17H,1-2,4-5,8,16H2. The number of nitrogens with two attached hydrogens (primary N) is 1. The molecule has 0 aliphatic heterocycles. The molecule has 0 spiro atoms. The molecular weight excluding hydrogens is 254 g/mol. The third-order valence-corrected chi connectivity index (χ3v) is 4.82. The van der Waals surface area contributed by atoms with Crippen LogP contribution >= 0.6 is 11.8 Å². The van der Waals surface area contributed by atoms with Crippen LogP contribution in [0.5, 0.6) is 0 Å². The van der Waals surface area contributed by atoms with Crippen molar-refractivity contribution in [1.29, 1.82) is 0 Å². The highest BCUT2D eigenvalue weighted by Crippen LogP contribution is 2.32. The number of thioether (sulfide) groups is 1. The van der Waals surface area contributed by atoms with E-state index in [1.807, 2.05) is 0 Å². The van der Waals surface area contributed by atoms with E-state index in [2.05, 4.69) is 5.43 Å². The molecule has 0 radical (unpaired) electrons. The van der Waals surface area contributed by atoms with Gasteiger partial charge in [0.25, 0.3) is 0 Å². The van der Waals surface area contributed by atoms with E-state index in [1.54, 1.807) is 11.8 Å². The first kappa shape index (κ1) is 13.8. The van der Waals surface area contributed by atoms with Crippen molar-refractivity contribution in [1.82, 2.24) is 5.43 Å². The maximum Gasteiger partial charge on any atom is 0.130 e. The molecule has 0 aromatic heterocycles. The molecule has 0 heterocycles. The average Bonchev–Trinajstić information content (AvgIpc) is 2.86. The van der Waals surface area contributed by atoms with Crippen LogP contribution in [0.2, 0.25) is 0 Å². The van der Waals surface area contributed by atoms with E-state index >= 15 is 0 Å².